The zero-order valence-electron chi connectivity index (χ0n) is 17.7. The van der Waals surface area contributed by atoms with Gasteiger partial charge in [0.15, 0.2) is 17.4 Å². The number of hydrogen-bond acceptors (Lipinski definition) is 4. The van der Waals surface area contributed by atoms with Gasteiger partial charge in [0.2, 0.25) is 5.91 Å². The largest absolute Gasteiger partial charge is 0.483 e. The Labute approximate surface area is 189 Å². The lowest BCUT2D eigenvalue weighted by molar-refractivity contribution is -0.135. The minimum Gasteiger partial charge on any atom is -0.483 e. The van der Waals surface area contributed by atoms with Gasteiger partial charge in [-0.15, -0.1) is 0 Å². The lowest BCUT2D eigenvalue weighted by atomic mass is 10.1. The second-order valence-corrected chi connectivity index (χ2v) is 8.17. The molecule has 172 valence electrons. The predicted molar refractivity (Wildman–Crippen MR) is 112 cm³/mol. The topological polar surface area (TPSA) is 73.6 Å². The van der Waals surface area contributed by atoms with E-state index in [4.69, 9.17) is 4.74 Å². The van der Waals surface area contributed by atoms with E-state index in [0.717, 1.165) is 17.0 Å². The van der Waals surface area contributed by atoms with E-state index in [9.17, 15) is 28.0 Å². The van der Waals surface area contributed by atoms with Crippen LogP contribution in [0.25, 0.3) is 0 Å². The normalized spacial score (nSPS) is 22.3. The summed E-state index contributed by atoms with van der Waals surface area (Å²) in [6, 6.07) is 10.8. The molecule has 6 nitrogen and oxygen atoms in total. The quantitative estimate of drug-likeness (QED) is 0.688. The Morgan fingerprint density at radius 2 is 1.82 bits per heavy atom. The Hall–Kier alpha value is -3.54. The molecule has 0 spiro atoms. The van der Waals surface area contributed by atoms with Gasteiger partial charge in [0.1, 0.15) is 24.9 Å². The third-order valence-corrected chi connectivity index (χ3v) is 5.95. The number of alkyl halides is 1. The number of benzene rings is 2. The molecule has 2 aliphatic rings. The first-order chi connectivity index (χ1) is 15.9. The van der Waals surface area contributed by atoms with Crippen molar-refractivity contribution in [2.24, 2.45) is 0 Å². The molecule has 3 atom stereocenters. The second-order valence-electron chi connectivity index (χ2n) is 8.17. The van der Waals surface area contributed by atoms with Gasteiger partial charge in [0, 0.05) is 18.5 Å². The summed E-state index contributed by atoms with van der Waals surface area (Å²) in [5, 5.41) is 9.24. The number of nitrogens with zero attached hydrogens (tertiary/aromatic N) is 3. The highest BCUT2D eigenvalue weighted by Crippen LogP contribution is 2.30. The zero-order chi connectivity index (χ0) is 23.5. The fourth-order valence-corrected chi connectivity index (χ4v) is 4.32. The molecular formula is C24H22F3N3O3. The van der Waals surface area contributed by atoms with Gasteiger partial charge in [-0.25, -0.2) is 13.2 Å². The van der Waals surface area contributed by atoms with Crippen molar-refractivity contribution in [2.45, 2.75) is 44.1 Å². The summed E-state index contributed by atoms with van der Waals surface area (Å²) in [5.74, 6) is -4.14. The van der Waals surface area contributed by atoms with E-state index in [1.165, 1.54) is 4.90 Å². The number of likely N-dealkylation sites (tertiary alicyclic amines) is 2. The average molecular weight is 457 g/mol. The van der Waals surface area contributed by atoms with E-state index in [0.29, 0.717) is 24.9 Å². The van der Waals surface area contributed by atoms with Crippen LogP contribution in [0.3, 0.4) is 0 Å². The SMILES string of the molecule is N#C[C@H]1CCCN1C(=O)[C@@H]1C[C@H](F)CN1C(=O)c1cc(F)c(OCc2ccccc2)c(F)c1. The molecule has 2 aliphatic heterocycles. The molecule has 2 amide bonds. The number of carbonyl (C=O) groups excluding carboxylic acids is 2. The molecule has 0 saturated carbocycles. The first kappa shape index (κ1) is 22.6. The molecular weight excluding hydrogens is 435 g/mol. The maximum absolute atomic E-state index is 14.6. The Morgan fingerprint density at radius 1 is 1.12 bits per heavy atom. The summed E-state index contributed by atoms with van der Waals surface area (Å²) in [6.45, 7) is -0.0802. The molecule has 0 aromatic heterocycles. The van der Waals surface area contributed by atoms with E-state index in [1.807, 2.05) is 6.07 Å². The molecule has 2 aromatic carbocycles. The summed E-state index contributed by atoms with van der Waals surface area (Å²) in [4.78, 5) is 28.3. The number of amides is 2. The predicted octanol–water partition coefficient (Wildman–Crippen LogP) is 3.61. The van der Waals surface area contributed by atoms with Gasteiger partial charge in [0.25, 0.3) is 5.91 Å². The van der Waals surface area contributed by atoms with E-state index in [-0.39, 0.29) is 25.1 Å². The van der Waals surface area contributed by atoms with Crippen LogP contribution in [0.5, 0.6) is 5.75 Å². The maximum Gasteiger partial charge on any atom is 0.254 e. The van der Waals surface area contributed by atoms with Gasteiger partial charge in [-0.05, 0) is 30.5 Å². The van der Waals surface area contributed by atoms with Crippen LogP contribution in [0.2, 0.25) is 0 Å². The monoisotopic (exact) mass is 457 g/mol. The van der Waals surface area contributed by atoms with Crippen LogP contribution in [-0.4, -0.2) is 53.0 Å². The summed E-state index contributed by atoms with van der Waals surface area (Å²) < 4.78 is 48.7. The van der Waals surface area contributed by atoms with Gasteiger partial charge in [-0.3, -0.25) is 9.59 Å². The number of nitriles is 1. The zero-order valence-corrected chi connectivity index (χ0v) is 17.7. The first-order valence-electron chi connectivity index (χ1n) is 10.7. The third-order valence-electron chi connectivity index (χ3n) is 5.95. The molecule has 0 N–H and O–H groups in total. The molecule has 4 rings (SSSR count). The third kappa shape index (κ3) is 4.65. The molecule has 0 aliphatic carbocycles. The van der Waals surface area contributed by atoms with Crippen molar-refractivity contribution in [1.29, 1.82) is 5.26 Å². The van der Waals surface area contributed by atoms with Crippen molar-refractivity contribution in [3.63, 3.8) is 0 Å². The summed E-state index contributed by atoms with van der Waals surface area (Å²) in [6.07, 6.45) is -0.509. The molecule has 2 aromatic rings. The van der Waals surface area contributed by atoms with E-state index in [1.54, 1.807) is 30.3 Å². The van der Waals surface area contributed by atoms with Crippen molar-refractivity contribution in [2.75, 3.05) is 13.1 Å². The lowest BCUT2D eigenvalue weighted by Gasteiger charge is -2.29. The van der Waals surface area contributed by atoms with Gasteiger partial charge >= 0.3 is 0 Å². The van der Waals surface area contributed by atoms with Crippen LogP contribution < -0.4 is 4.74 Å². The van der Waals surface area contributed by atoms with Crippen LogP contribution in [0.4, 0.5) is 13.2 Å². The number of ether oxygens (including phenoxy) is 1. The van der Waals surface area contributed by atoms with Crippen molar-refractivity contribution < 1.29 is 27.5 Å². The van der Waals surface area contributed by atoms with Crippen LogP contribution in [0.1, 0.15) is 35.2 Å². The number of hydrogen-bond donors (Lipinski definition) is 0. The number of carbonyl (C=O) groups is 2. The van der Waals surface area contributed by atoms with Crippen LogP contribution in [0, 0.1) is 23.0 Å². The summed E-state index contributed by atoms with van der Waals surface area (Å²) in [5.41, 5.74) is 0.365. The van der Waals surface area contributed by atoms with Crippen LogP contribution >= 0.6 is 0 Å². The van der Waals surface area contributed by atoms with Crippen molar-refractivity contribution in [3.8, 4) is 11.8 Å². The van der Waals surface area contributed by atoms with Crippen molar-refractivity contribution in [3.05, 3.63) is 65.2 Å². The fourth-order valence-electron chi connectivity index (χ4n) is 4.32. The highest BCUT2D eigenvalue weighted by atomic mass is 19.1. The molecule has 0 unspecified atom stereocenters. The Balaban J connectivity index is 1.52. The molecule has 33 heavy (non-hydrogen) atoms. The smallest absolute Gasteiger partial charge is 0.254 e. The lowest BCUT2D eigenvalue weighted by Crippen LogP contribution is -2.49. The minimum absolute atomic E-state index is 0.0654. The highest BCUT2D eigenvalue weighted by molar-refractivity contribution is 5.98. The molecule has 0 bridgehead atoms. The fraction of sp³-hybridized carbons (Fsp3) is 0.375. The Kier molecular flexibility index (Phi) is 6.54. The van der Waals surface area contributed by atoms with Crippen LogP contribution in [-0.2, 0) is 11.4 Å². The van der Waals surface area contributed by atoms with Gasteiger partial charge < -0.3 is 14.5 Å². The van der Waals surface area contributed by atoms with E-state index < -0.39 is 47.5 Å². The van der Waals surface area contributed by atoms with Gasteiger partial charge in [0.05, 0.1) is 12.6 Å². The van der Waals surface area contributed by atoms with Crippen LogP contribution in [0.15, 0.2) is 42.5 Å². The number of halogens is 3. The standard InChI is InChI=1S/C24H22F3N3O3/c25-17-11-21(24(32)29-8-4-7-18(29)12-28)30(13-17)23(31)16-9-19(26)22(20(27)10-16)33-14-15-5-2-1-3-6-15/h1-3,5-6,9-10,17-18,21H,4,7-8,11,13-14H2/t17-,18+,21-/m0/s1. The Morgan fingerprint density at radius 3 is 2.48 bits per heavy atom. The van der Waals surface area contributed by atoms with Crippen molar-refractivity contribution >= 4 is 11.8 Å². The van der Waals surface area contributed by atoms with Gasteiger partial charge in [-0.2, -0.15) is 5.26 Å². The molecule has 2 heterocycles. The Bertz CT molecular complexity index is 1070. The second kappa shape index (κ2) is 9.53. The maximum atomic E-state index is 14.6. The summed E-state index contributed by atoms with van der Waals surface area (Å²) >= 11 is 0. The van der Waals surface area contributed by atoms with E-state index >= 15 is 0 Å². The van der Waals surface area contributed by atoms with Crippen molar-refractivity contribution in [1.82, 2.24) is 9.80 Å². The average Bonchev–Trinajstić information content (AvgIpc) is 3.44. The molecule has 9 heteroatoms. The van der Waals surface area contributed by atoms with E-state index in [2.05, 4.69) is 0 Å². The highest BCUT2D eigenvalue weighted by Gasteiger charge is 2.44. The molecule has 0 radical (unpaired) electrons. The van der Waals surface area contributed by atoms with Gasteiger partial charge in [-0.1, -0.05) is 30.3 Å². The summed E-state index contributed by atoms with van der Waals surface area (Å²) in [7, 11) is 0. The minimum atomic E-state index is -1.45. The molecule has 2 fully saturated rings. The number of rotatable bonds is 5. The molecule has 2 saturated heterocycles. The first-order valence-corrected chi connectivity index (χ1v) is 10.7.